The molecule has 2 N–H and O–H groups in total. The van der Waals surface area contributed by atoms with Crippen molar-refractivity contribution < 1.29 is 4.79 Å². The van der Waals surface area contributed by atoms with Crippen LogP contribution in [0, 0.1) is 0 Å². The van der Waals surface area contributed by atoms with Crippen molar-refractivity contribution in [2.75, 3.05) is 5.32 Å². The topological polar surface area (TPSA) is 41.1 Å². The number of para-hydroxylation sites is 2. The Morgan fingerprint density at radius 3 is 2.15 bits per heavy atom. The fourth-order valence-corrected chi connectivity index (χ4v) is 1.88. The molecule has 2 rings (SSSR count). The highest BCUT2D eigenvalue weighted by Crippen LogP contribution is 2.21. The number of carbonyl (C=O) groups is 1. The molecular formula is C17H20N2O. The summed E-state index contributed by atoms with van der Waals surface area (Å²) >= 11 is 0. The van der Waals surface area contributed by atoms with Crippen molar-refractivity contribution in [2.24, 2.45) is 0 Å². The summed E-state index contributed by atoms with van der Waals surface area (Å²) in [6.07, 6.45) is 0. The van der Waals surface area contributed by atoms with E-state index < -0.39 is 0 Å². The standard InChI is InChI=1S/C17H20N2O/c1-17(2,3)19-16(20)14-11-7-8-12-15(14)18-13-9-5-4-6-10-13/h4-12,18H,1-3H3,(H,19,20). The first-order chi connectivity index (χ1) is 9.46. The van der Waals surface area contributed by atoms with Gasteiger partial charge < -0.3 is 10.6 Å². The van der Waals surface area contributed by atoms with Crippen molar-refractivity contribution >= 4 is 17.3 Å². The van der Waals surface area contributed by atoms with E-state index in [0.29, 0.717) is 5.56 Å². The Balaban J connectivity index is 2.25. The lowest BCUT2D eigenvalue weighted by Gasteiger charge is -2.21. The molecule has 0 heterocycles. The molecule has 0 saturated carbocycles. The van der Waals surface area contributed by atoms with Crippen LogP contribution < -0.4 is 10.6 Å². The van der Waals surface area contributed by atoms with Gasteiger partial charge in [0.2, 0.25) is 0 Å². The first-order valence-electron chi connectivity index (χ1n) is 6.69. The summed E-state index contributed by atoms with van der Waals surface area (Å²) in [6, 6.07) is 17.3. The lowest BCUT2D eigenvalue weighted by Crippen LogP contribution is -2.40. The van der Waals surface area contributed by atoms with Crippen molar-refractivity contribution in [1.82, 2.24) is 5.32 Å². The molecule has 0 saturated heterocycles. The van der Waals surface area contributed by atoms with Crippen LogP contribution >= 0.6 is 0 Å². The molecule has 0 bridgehead atoms. The maximum atomic E-state index is 12.3. The molecule has 0 fully saturated rings. The molecule has 0 unspecified atom stereocenters. The van der Waals surface area contributed by atoms with Crippen LogP contribution in [0.1, 0.15) is 31.1 Å². The highest BCUT2D eigenvalue weighted by atomic mass is 16.1. The highest BCUT2D eigenvalue weighted by Gasteiger charge is 2.17. The van der Waals surface area contributed by atoms with E-state index in [1.165, 1.54) is 0 Å². The van der Waals surface area contributed by atoms with Gasteiger partial charge in [-0.15, -0.1) is 0 Å². The van der Waals surface area contributed by atoms with Crippen molar-refractivity contribution in [3.63, 3.8) is 0 Å². The minimum Gasteiger partial charge on any atom is -0.355 e. The molecule has 20 heavy (non-hydrogen) atoms. The first kappa shape index (κ1) is 14.1. The van der Waals surface area contributed by atoms with Crippen molar-refractivity contribution in [3.05, 3.63) is 60.2 Å². The monoisotopic (exact) mass is 268 g/mol. The van der Waals surface area contributed by atoms with Gasteiger partial charge in [0.1, 0.15) is 0 Å². The largest absolute Gasteiger partial charge is 0.355 e. The van der Waals surface area contributed by atoms with Gasteiger partial charge in [0.25, 0.3) is 5.91 Å². The normalized spacial score (nSPS) is 10.9. The van der Waals surface area contributed by atoms with Crippen molar-refractivity contribution in [1.29, 1.82) is 0 Å². The minimum absolute atomic E-state index is 0.0727. The molecule has 0 aromatic heterocycles. The third-order valence-electron chi connectivity index (χ3n) is 2.71. The molecule has 0 spiro atoms. The Morgan fingerprint density at radius 2 is 1.50 bits per heavy atom. The van der Waals surface area contributed by atoms with Crippen molar-refractivity contribution in [3.8, 4) is 0 Å². The van der Waals surface area contributed by atoms with Crippen LogP contribution in [0.4, 0.5) is 11.4 Å². The number of hydrogen-bond donors (Lipinski definition) is 2. The van der Waals surface area contributed by atoms with Gasteiger partial charge in [-0.05, 0) is 45.0 Å². The molecule has 0 aliphatic rings. The van der Waals surface area contributed by atoms with Gasteiger partial charge in [0, 0.05) is 11.2 Å². The molecule has 3 heteroatoms. The van der Waals surface area contributed by atoms with Crippen LogP contribution in [0.25, 0.3) is 0 Å². The van der Waals surface area contributed by atoms with Crippen LogP contribution in [-0.4, -0.2) is 11.4 Å². The second-order valence-corrected chi connectivity index (χ2v) is 5.74. The Hall–Kier alpha value is -2.29. The third-order valence-corrected chi connectivity index (χ3v) is 2.71. The average molecular weight is 268 g/mol. The van der Waals surface area contributed by atoms with Gasteiger partial charge in [-0.3, -0.25) is 4.79 Å². The molecular weight excluding hydrogens is 248 g/mol. The summed E-state index contributed by atoms with van der Waals surface area (Å²) < 4.78 is 0. The number of anilines is 2. The lowest BCUT2D eigenvalue weighted by molar-refractivity contribution is 0.0920. The zero-order valence-corrected chi connectivity index (χ0v) is 12.1. The van der Waals surface area contributed by atoms with Crippen LogP contribution in [0.3, 0.4) is 0 Å². The van der Waals surface area contributed by atoms with Crippen LogP contribution in [0.5, 0.6) is 0 Å². The van der Waals surface area contributed by atoms with Gasteiger partial charge in [-0.1, -0.05) is 30.3 Å². The van der Waals surface area contributed by atoms with Crippen LogP contribution in [0.15, 0.2) is 54.6 Å². The zero-order valence-electron chi connectivity index (χ0n) is 12.1. The average Bonchev–Trinajstić information content (AvgIpc) is 2.38. The predicted molar refractivity (Wildman–Crippen MR) is 83.4 cm³/mol. The molecule has 1 amide bonds. The van der Waals surface area contributed by atoms with E-state index in [1.54, 1.807) is 0 Å². The predicted octanol–water partition coefficient (Wildman–Crippen LogP) is 3.96. The second-order valence-electron chi connectivity index (χ2n) is 5.74. The quantitative estimate of drug-likeness (QED) is 0.884. The summed E-state index contributed by atoms with van der Waals surface area (Å²) in [5, 5.41) is 6.26. The fourth-order valence-electron chi connectivity index (χ4n) is 1.88. The molecule has 0 aliphatic carbocycles. The number of amides is 1. The van der Waals surface area contributed by atoms with E-state index in [4.69, 9.17) is 0 Å². The number of rotatable bonds is 3. The van der Waals surface area contributed by atoms with E-state index >= 15 is 0 Å². The Morgan fingerprint density at radius 1 is 0.900 bits per heavy atom. The van der Waals surface area contributed by atoms with E-state index in [9.17, 15) is 4.79 Å². The smallest absolute Gasteiger partial charge is 0.253 e. The van der Waals surface area contributed by atoms with Gasteiger partial charge >= 0.3 is 0 Å². The number of benzene rings is 2. The summed E-state index contributed by atoms with van der Waals surface area (Å²) in [7, 11) is 0. The van der Waals surface area contributed by atoms with Crippen LogP contribution in [-0.2, 0) is 0 Å². The van der Waals surface area contributed by atoms with Gasteiger partial charge in [0.05, 0.1) is 11.3 Å². The molecule has 2 aromatic carbocycles. The summed E-state index contributed by atoms with van der Waals surface area (Å²) in [6.45, 7) is 5.91. The molecule has 104 valence electrons. The van der Waals surface area contributed by atoms with Crippen LogP contribution in [0.2, 0.25) is 0 Å². The van der Waals surface area contributed by atoms with Crippen molar-refractivity contribution in [2.45, 2.75) is 26.3 Å². The fraction of sp³-hybridized carbons (Fsp3) is 0.235. The molecule has 0 radical (unpaired) electrons. The lowest BCUT2D eigenvalue weighted by atomic mass is 10.1. The van der Waals surface area contributed by atoms with E-state index in [-0.39, 0.29) is 11.4 Å². The minimum atomic E-state index is -0.253. The zero-order chi connectivity index (χ0) is 14.6. The second kappa shape index (κ2) is 5.78. The molecule has 0 atom stereocenters. The Bertz CT molecular complexity index is 585. The third kappa shape index (κ3) is 3.85. The summed E-state index contributed by atoms with van der Waals surface area (Å²) in [4.78, 5) is 12.3. The van der Waals surface area contributed by atoms with Gasteiger partial charge in [0.15, 0.2) is 0 Å². The molecule has 3 nitrogen and oxygen atoms in total. The van der Waals surface area contributed by atoms with Gasteiger partial charge in [-0.25, -0.2) is 0 Å². The van der Waals surface area contributed by atoms with E-state index in [2.05, 4.69) is 10.6 Å². The number of hydrogen-bond acceptors (Lipinski definition) is 2. The van der Waals surface area contributed by atoms with E-state index in [1.807, 2.05) is 75.4 Å². The summed E-state index contributed by atoms with van der Waals surface area (Å²) in [5.41, 5.74) is 2.16. The molecule has 2 aromatic rings. The Labute approximate surface area is 120 Å². The van der Waals surface area contributed by atoms with Gasteiger partial charge in [-0.2, -0.15) is 0 Å². The first-order valence-corrected chi connectivity index (χ1v) is 6.69. The molecule has 0 aliphatic heterocycles. The highest BCUT2D eigenvalue weighted by molar-refractivity contribution is 6.00. The summed E-state index contributed by atoms with van der Waals surface area (Å²) in [5.74, 6) is -0.0727. The SMILES string of the molecule is CC(C)(C)NC(=O)c1ccccc1Nc1ccccc1. The van der Waals surface area contributed by atoms with E-state index in [0.717, 1.165) is 11.4 Å². The maximum Gasteiger partial charge on any atom is 0.253 e. The maximum absolute atomic E-state index is 12.3. The number of nitrogens with one attached hydrogen (secondary N) is 2. The Kier molecular flexibility index (Phi) is 4.08. The number of carbonyl (C=O) groups excluding carboxylic acids is 1.